The monoisotopic (exact) mass is 357 g/mol. The van der Waals surface area contributed by atoms with E-state index >= 15 is 0 Å². The largest absolute Gasteiger partial charge is 0.336 e. The Morgan fingerprint density at radius 3 is 2.64 bits per heavy atom. The third-order valence-corrected chi connectivity index (χ3v) is 5.40. The van der Waals surface area contributed by atoms with Crippen molar-refractivity contribution in [3.8, 4) is 0 Å². The molecule has 0 aliphatic carbocycles. The molecule has 2 N–H and O–H groups in total. The predicted octanol–water partition coefficient (Wildman–Crippen LogP) is 2.93. The summed E-state index contributed by atoms with van der Waals surface area (Å²) in [5, 5.41) is 8.11. The van der Waals surface area contributed by atoms with Gasteiger partial charge in [0.05, 0.1) is 12.1 Å². The molecule has 1 aliphatic rings. The van der Waals surface area contributed by atoms with E-state index in [1.165, 1.54) is 10.5 Å². The van der Waals surface area contributed by atoms with Crippen LogP contribution in [0.5, 0.6) is 0 Å². The van der Waals surface area contributed by atoms with E-state index in [0.29, 0.717) is 13.1 Å². The van der Waals surface area contributed by atoms with Crippen molar-refractivity contribution in [3.05, 3.63) is 57.8 Å². The SMILES string of the molecule is CCc1ccc([C@H](N[C@@H](C)C(=O)N2CCNC2=O)c2cccs2)cc1. The molecule has 132 valence electrons. The number of amides is 3. The number of nitrogens with one attached hydrogen (secondary N) is 2. The van der Waals surface area contributed by atoms with Crippen molar-refractivity contribution in [2.75, 3.05) is 13.1 Å². The number of carbonyl (C=O) groups is 2. The van der Waals surface area contributed by atoms with Gasteiger partial charge in [-0.15, -0.1) is 11.3 Å². The lowest BCUT2D eigenvalue weighted by atomic mass is 10.0. The zero-order valence-corrected chi connectivity index (χ0v) is 15.3. The molecule has 0 unspecified atom stereocenters. The summed E-state index contributed by atoms with van der Waals surface area (Å²) in [4.78, 5) is 26.8. The molecule has 1 aromatic carbocycles. The Labute approximate surface area is 152 Å². The number of carbonyl (C=O) groups excluding carboxylic acids is 2. The Hall–Kier alpha value is -2.18. The molecular formula is C19H23N3O2S. The van der Waals surface area contributed by atoms with Crippen LogP contribution in [0.25, 0.3) is 0 Å². The minimum Gasteiger partial charge on any atom is -0.336 e. The predicted molar refractivity (Wildman–Crippen MR) is 99.7 cm³/mol. The van der Waals surface area contributed by atoms with Gasteiger partial charge >= 0.3 is 6.03 Å². The fourth-order valence-corrected chi connectivity index (χ4v) is 3.79. The van der Waals surface area contributed by atoms with Crippen LogP contribution in [0, 0.1) is 0 Å². The first kappa shape index (κ1) is 17.6. The summed E-state index contributed by atoms with van der Waals surface area (Å²) < 4.78 is 0. The highest BCUT2D eigenvalue weighted by Crippen LogP contribution is 2.27. The summed E-state index contributed by atoms with van der Waals surface area (Å²) in [7, 11) is 0. The quantitative estimate of drug-likeness (QED) is 0.836. The van der Waals surface area contributed by atoms with Gasteiger partial charge in [-0.3, -0.25) is 15.0 Å². The molecule has 2 aromatic rings. The maximum Gasteiger partial charge on any atom is 0.324 e. The average molecular weight is 357 g/mol. The minimum absolute atomic E-state index is 0.0736. The molecule has 6 heteroatoms. The van der Waals surface area contributed by atoms with Gasteiger partial charge in [-0.05, 0) is 35.9 Å². The van der Waals surface area contributed by atoms with Crippen LogP contribution in [0.2, 0.25) is 0 Å². The zero-order valence-electron chi connectivity index (χ0n) is 14.5. The van der Waals surface area contributed by atoms with Crippen LogP contribution in [-0.2, 0) is 11.2 Å². The van der Waals surface area contributed by atoms with E-state index in [-0.39, 0.29) is 18.0 Å². The van der Waals surface area contributed by atoms with Crippen LogP contribution in [-0.4, -0.2) is 36.0 Å². The first-order valence-electron chi connectivity index (χ1n) is 8.57. The number of hydrogen-bond donors (Lipinski definition) is 2. The molecule has 0 spiro atoms. The Morgan fingerprint density at radius 2 is 2.08 bits per heavy atom. The number of aryl methyl sites for hydroxylation is 1. The zero-order chi connectivity index (χ0) is 17.8. The second-order valence-corrected chi connectivity index (χ2v) is 7.13. The number of hydrogen-bond acceptors (Lipinski definition) is 4. The Bertz CT molecular complexity index is 728. The molecule has 2 heterocycles. The molecule has 0 saturated carbocycles. The molecule has 1 aromatic heterocycles. The number of rotatable bonds is 6. The fraction of sp³-hybridized carbons (Fsp3) is 0.368. The number of urea groups is 1. The maximum atomic E-state index is 12.6. The molecule has 25 heavy (non-hydrogen) atoms. The van der Waals surface area contributed by atoms with Crippen molar-refractivity contribution in [1.82, 2.24) is 15.5 Å². The summed E-state index contributed by atoms with van der Waals surface area (Å²) in [6.07, 6.45) is 0.996. The number of benzene rings is 1. The lowest BCUT2D eigenvalue weighted by Crippen LogP contribution is -2.47. The van der Waals surface area contributed by atoms with Crippen LogP contribution >= 0.6 is 11.3 Å². The molecule has 1 aliphatic heterocycles. The Balaban J connectivity index is 1.80. The second-order valence-electron chi connectivity index (χ2n) is 6.15. The van der Waals surface area contributed by atoms with Gasteiger partial charge in [0.15, 0.2) is 0 Å². The van der Waals surface area contributed by atoms with Crippen LogP contribution in [0.1, 0.15) is 35.9 Å². The summed E-state index contributed by atoms with van der Waals surface area (Å²) in [5.41, 5.74) is 2.40. The van der Waals surface area contributed by atoms with Crippen LogP contribution < -0.4 is 10.6 Å². The molecule has 3 amide bonds. The molecule has 0 radical (unpaired) electrons. The van der Waals surface area contributed by atoms with Crippen molar-refractivity contribution < 1.29 is 9.59 Å². The van der Waals surface area contributed by atoms with Gasteiger partial charge < -0.3 is 5.32 Å². The standard InChI is InChI=1S/C19H23N3O2S/c1-3-14-6-8-15(9-7-14)17(16-5-4-12-25-16)21-13(2)18(23)22-11-10-20-19(22)24/h4-9,12-13,17,21H,3,10-11H2,1-2H3,(H,20,24)/t13-,17-/m0/s1. The van der Waals surface area contributed by atoms with Gasteiger partial charge in [-0.2, -0.15) is 0 Å². The van der Waals surface area contributed by atoms with Gasteiger partial charge in [0.1, 0.15) is 0 Å². The van der Waals surface area contributed by atoms with E-state index in [0.717, 1.165) is 16.9 Å². The molecular weight excluding hydrogens is 334 g/mol. The average Bonchev–Trinajstić information content (AvgIpc) is 3.30. The van der Waals surface area contributed by atoms with E-state index in [4.69, 9.17) is 0 Å². The van der Waals surface area contributed by atoms with E-state index in [1.807, 2.05) is 18.4 Å². The van der Waals surface area contributed by atoms with Gasteiger partial charge in [0, 0.05) is 18.0 Å². The number of thiophene rings is 1. The summed E-state index contributed by atoms with van der Waals surface area (Å²) in [6.45, 7) is 4.89. The third kappa shape index (κ3) is 3.91. The molecule has 5 nitrogen and oxygen atoms in total. The summed E-state index contributed by atoms with van der Waals surface area (Å²) in [5.74, 6) is -0.193. The fourth-order valence-electron chi connectivity index (χ4n) is 2.98. The molecule has 1 saturated heterocycles. The second kappa shape index (κ2) is 7.80. The van der Waals surface area contributed by atoms with Gasteiger partial charge in [-0.25, -0.2) is 4.79 Å². The van der Waals surface area contributed by atoms with Crippen LogP contribution in [0.15, 0.2) is 41.8 Å². The van der Waals surface area contributed by atoms with Crippen molar-refractivity contribution >= 4 is 23.3 Å². The smallest absolute Gasteiger partial charge is 0.324 e. The van der Waals surface area contributed by atoms with E-state index < -0.39 is 6.04 Å². The number of imide groups is 1. The van der Waals surface area contributed by atoms with Crippen molar-refractivity contribution in [1.29, 1.82) is 0 Å². The normalized spacial score (nSPS) is 16.6. The molecule has 1 fully saturated rings. The van der Waals surface area contributed by atoms with Crippen molar-refractivity contribution in [2.45, 2.75) is 32.4 Å². The highest BCUT2D eigenvalue weighted by Gasteiger charge is 2.31. The number of nitrogens with zero attached hydrogens (tertiary/aromatic N) is 1. The molecule has 0 bridgehead atoms. The molecule has 3 rings (SSSR count). The third-order valence-electron chi connectivity index (χ3n) is 4.46. The van der Waals surface area contributed by atoms with Crippen LogP contribution in [0.4, 0.5) is 4.79 Å². The molecule has 2 atom stereocenters. The van der Waals surface area contributed by atoms with Gasteiger partial charge in [0.2, 0.25) is 5.91 Å². The minimum atomic E-state index is -0.457. The maximum absolute atomic E-state index is 12.6. The highest BCUT2D eigenvalue weighted by atomic mass is 32.1. The topological polar surface area (TPSA) is 61.4 Å². The van der Waals surface area contributed by atoms with Crippen molar-refractivity contribution in [2.24, 2.45) is 0 Å². The lowest BCUT2D eigenvalue weighted by Gasteiger charge is -2.25. The Morgan fingerprint density at radius 1 is 1.32 bits per heavy atom. The lowest BCUT2D eigenvalue weighted by molar-refractivity contribution is -0.129. The van der Waals surface area contributed by atoms with Gasteiger partial charge in [-0.1, -0.05) is 37.3 Å². The van der Waals surface area contributed by atoms with Gasteiger partial charge in [0.25, 0.3) is 0 Å². The van der Waals surface area contributed by atoms with E-state index in [1.54, 1.807) is 11.3 Å². The summed E-state index contributed by atoms with van der Waals surface area (Å²) in [6, 6.07) is 11.7. The van der Waals surface area contributed by atoms with E-state index in [9.17, 15) is 9.59 Å². The van der Waals surface area contributed by atoms with Crippen LogP contribution in [0.3, 0.4) is 0 Å². The first-order chi connectivity index (χ1) is 12.1. The highest BCUT2D eigenvalue weighted by molar-refractivity contribution is 7.10. The first-order valence-corrected chi connectivity index (χ1v) is 9.45. The van der Waals surface area contributed by atoms with E-state index in [2.05, 4.69) is 47.9 Å². The summed E-state index contributed by atoms with van der Waals surface area (Å²) >= 11 is 1.66. The Kier molecular flexibility index (Phi) is 5.50. The van der Waals surface area contributed by atoms with Crippen molar-refractivity contribution in [3.63, 3.8) is 0 Å².